The Kier molecular flexibility index (Phi) is 8.16. The van der Waals surface area contributed by atoms with Gasteiger partial charge in [0.15, 0.2) is 17.7 Å². The average molecular weight is 661 g/mol. The van der Waals surface area contributed by atoms with Gasteiger partial charge < -0.3 is 39.7 Å². The van der Waals surface area contributed by atoms with E-state index in [0.29, 0.717) is 18.6 Å². The average Bonchev–Trinajstić information content (AvgIpc) is 3.40. The van der Waals surface area contributed by atoms with Gasteiger partial charge in [0.05, 0.1) is 12.7 Å². The molecule has 4 aliphatic carbocycles. The standard InChI is InChI=1S/C36H52O11/c1-16(2)20-12-24(39)36(8,47-20)29-19(38)13-33(5)23-10-9-17-18(35(23,7)25(40)14-34(29,33)6)11-21(30(44)32(17,3)4)45-31-28(43)27(42)26(41)22(15-37)46-31/h9,12,16,18-19,21-23,26-29,31,37-38,41-43H,10-11,13-15H2,1-8H3/t18-,19-,21+,22-,23+,26-,27+,28-,29+,31-,33+,34-,35+,36-/m1/s1. The van der Waals surface area contributed by atoms with Crippen LogP contribution in [0.25, 0.3) is 0 Å². The molecule has 0 aromatic carbocycles. The summed E-state index contributed by atoms with van der Waals surface area (Å²) in [7, 11) is 0. The van der Waals surface area contributed by atoms with E-state index in [9.17, 15) is 39.9 Å². The van der Waals surface area contributed by atoms with E-state index in [1.807, 2.05) is 27.7 Å². The van der Waals surface area contributed by atoms with E-state index in [1.165, 1.54) is 6.08 Å². The van der Waals surface area contributed by atoms with E-state index in [-0.39, 0.29) is 42.0 Å². The molecule has 0 aromatic rings. The number of hydrogen-bond acceptors (Lipinski definition) is 11. The van der Waals surface area contributed by atoms with Crippen molar-refractivity contribution in [3.63, 3.8) is 0 Å². The summed E-state index contributed by atoms with van der Waals surface area (Å²) in [6.07, 6.45) is -4.79. The third-order valence-electron chi connectivity index (χ3n) is 13.8. The van der Waals surface area contributed by atoms with Crippen molar-refractivity contribution in [3.8, 4) is 0 Å². The van der Waals surface area contributed by atoms with Crippen LogP contribution in [-0.4, -0.2) is 98.0 Å². The number of allylic oxidation sites excluding steroid dienone is 3. The number of hydrogen-bond donors (Lipinski definition) is 5. The van der Waals surface area contributed by atoms with Gasteiger partial charge in [-0.15, -0.1) is 0 Å². The molecule has 1 saturated heterocycles. The van der Waals surface area contributed by atoms with Gasteiger partial charge in [0.2, 0.25) is 5.78 Å². The van der Waals surface area contributed by atoms with Crippen LogP contribution in [0.15, 0.2) is 23.5 Å². The van der Waals surface area contributed by atoms with Crippen molar-refractivity contribution in [3.05, 3.63) is 23.5 Å². The molecule has 262 valence electrons. The van der Waals surface area contributed by atoms with Crippen molar-refractivity contribution in [2.24, 2.45) is 45.3 Å². The van der Waals surface area contributed by atoms with E-state index in [1.54, 1.807) is 20.8 Å². The summed E-state index contributed by atoms with van der Waals surface area (Å²) < 4.78 is 18.1. The highest BCUT2D eigenvalue weighted by Crippen LogP contribution is 2.74. The van der Waals surface area contributed by atoms with Crippen LogP contribution in [0.1, 0.15) is 81.1 Å². The lowest BCUT2D eigenvalue weighted by molar-refractivity contribution is -0.311. The third kappa shape index (κ3) is 4.53. The summed E-state index contributed by atoms with van der Waals surface area (Å²) in [5.74, 6) is -1.14. The third-order valence-corrected chi connectivity index (χ3v) is 13.8. The van der Waals surface area contributed by atoms with Gasteiger partial charge in [0.1, 0.15) is 42.1 Å². The molecule has 11 heteroatoms. The number of carbonyl (C=O) groups excluding carboxylic acids is 3. The first-order valence-corrected chi connectivity index (χ1v) is 17.1. The Morgan fingerprint density at radius 3 is 2.21 bits per heavy atom. The van der Waals surface area contributed by atoms with Crippen molar-refractivity contribution in [1.29, 1.82) is 0 Å². The maximum atomic E-state index is 14.8. The van der Waals surface area contributed by atoms with E-state index in [4.69, 9.17) is 14.2 Å². The second-order valence-electron chi connectivity index (χ2n) is 16.8. The van der Waals surface area contributed by atoms with Crippen LogP contribution in [0.2, 0.25) is 0 Å². The number of aliphatic hydroxyl groups is 5. The van der Waals surface area contributed by atoms with Crippen LogP contribution in [0.3, 0.4) is 0 Å². The molecular formula is C36H52O11. The Morgan fingerprint density at radius 1 is 0.957 bits per heavy atom. The number of fused-ring (bicyclic) bond motifs is 5. The lowest BCUT2D eigenvalue weighted by atomic mass is 9.38. The van der Waals surface area contributed by atoms with E-state index in [2.05, 4.69) is 13.0 Å². The SMILES string of the molecule is CC(C)C1=CC(=O)[C@](C)([C@H]2[C@H](O)C[C@@]3(C)[C@@H]4CC=C5[C@@H](C[C@H](O[C@@H]6O[C@H](CO)[C@@H](O)[C@H](O)[C@H]6O)C(=O)C5(C)C)[C@]4(C)C(=O)C[C@]23C)O1. The van der Waals surface area contributed by atoms with Crippen molar-refractivity contribution >= 4 is 17.3 Å². The van der Waals surface area contributed by atoms with Crippen molar-refractivity contribution in [2.75, 3.05) is 6.61 Å². The molecule has 4 fully saturated rings. The number of ketones is 3. The monoisotopic (exact) mass is 660 g/mol. The highest BCUT2D eigenvalue weighted by atomic mass is 16.7. The minimum absolute atomic E-state index is 0.00000214. The van der Waals surface area contributed by atoms with E-state index in [0.717, 1.165) is 5.57 Å². The quantitative estimate of drug-likeness (QED) is 0.272. The summed E-state index contributed by atoms with van der Waals surface area (Å²) in [6, 6.07) is 0. The van der Waals surface area contributed by atoms with Gasteiger partial charge in [-0.25, -0.2) is 0 Å². The second kappa shape index (κ2) is 11.0. The summed E-state index contributed by atoms with van der Waals surface area (Å²) in [4.78, 5) is 42.3. The minimum Gasteiger partial charge on any atom is -0.483 e. The minimum atomic E-state index is -1.67. The molecule has 0 spiro atoms. The number of ether oxygens (including phenoxy) is 3. The van der Waals surface area contributed by atoms with Gasteiger partial charge in [0, 0.05) is 35.2 Å². The van der Waals surface area contributed by atoms with Crippen LogP contribution in [0.5, 0.6) is 0 Å². The number of aliphatic hydroxyl groups excluding tert-OH is 5. The maximum Gasteiger partial charge on any atom is 0.202 e. The predicted octanol–water partition coefficient (Wildman–Crippen LogP) is 2.00. The number of Topliss-reactive ketones (excluding diaryl/α,β-unsaturated/α-hetero) is 2. The molecule has 0 aromatic heterocycles. The Balaban J connectivity index is 1.35. The summed E-state index contributed by atoms with van der Waals surface area (Å²) in [6.45, 7) is 14.8. The molecule has 0 radical (unpaired) electrons. The first-order chi connectivity index (χ1) is 21.7. The fraction of sp³-hybridized carbons (Fsp3) is 0.806. The van der Waals surface area contributed by atoms with Crippen molar-refractivity contribution in [1.82, 2.24) is 0 Å². The Bertz CT molecular complexity index is 1410. The Morgan fingerprint density at radius 2 is 1.62 bits per heavy atom. The van der Waals surface area contributed by atoms with Gasteiger partial charge >= 0.3 is 0 Å². The molecule has 3 saturated carbocycles. The van der Waals surface area contributed by atoms with Crippen LogP contribution in [0.4, 0.5) is 0 Å². The summed E-state index contributed by atoms with van der Waals surface area (Å²) in [5.41, 5.74) is -3.75. The lowest BCUT2D eigenvalue weighted by Gasteiger charge is -2.64. The number of carbonyl (C=O) groups is 3. The molecule has 6 aliphatic rings. The fourth-order valence-electron chi connectivity index (χ4n) is 10.9. The Labute approximate surface area is 276 Å². The van der Waals surface area contributed by atoms with Gasteiger partial charge in [-0.3, -0.25) is 14.4 Å². The molecule has 0 bridgehead atoms. The smallest absolute Gasteiger partial charge is 0.202 e. The van der Waals surface area contributed by atoms with Crippen LogP contribution < -0.4 is 0 Å². The van der Waals surface area contributed by atoms with Gasteiger partial charge in [-0.2, -0.15) is 0 Å². The zero-order valence-electron chi connectivity index (χ0n) is 28.7. The molecule has 2 heterocycles. The first kappa shape index (κ1) is 34.9. The zero-order valence-corrected chi connectivity index (χ0v) is 28.7. The molecule has 5 N–H and O–H groups in total. The first-order valence-electron chi connectivity index (χ1n) is 17.1. The zero-order chi connectivity index (χ0) is 34.8. The summed E-state index contributed by atoms with van der Waals surface area (Å²) in [5, 5.41) is 52.8. The molecule has 11 nitrogen and oxygen atoms in total. The van der Waals surface area contributed by atoms with Crippen molar-refractivity contribution in [2.45, 2.75) is 130 Å². The van der Waals surface area contributed by atoms with Gasteiger partial charge in [-0.05, 0) is 62.7 Å². The molecule has 14 atom stereocenters. The van der Waals surface area contributed by atoms with Crippen molar-refractivity contribution < 1.29 is 54.1 Å². The van der Waals surface area contributed by atoms with Crippen LogP contribution >= 0.6 is 0 Å². The molecule has 47 heavy (non-hydrogen) atoms. The molecule has 0 amide bonds. The molecule has 6 rings (SSSR count). The fourth-order valence-corrected chi connectivity index (χ4v) is 10.9. The topological polar surface area (TPSA) is 180 Å². The highest BCUT2D eigenvalue weighted by molar-refractivity contribution is 6.00. The van der Waals surface area contributed by atoms with Gasteiger partial charge in [0.25, 0.3) is 0 Å². The Hall–Kier alpha value is -1.99. The second-order valence-corrected chi connectivity index (χ2v) is 16.8. The largest absolute Gasteiger partial charge is 0.483 e. The predicted molar refractivity (Wildman–Crippen MR) is 167 cm³/mol. The number of rotatable bonds is 5. The highest BCUT2D eigenvalue weighted by Gasteiger charge is 2.75. The molecule has 0 unspecified atom stereocenters. The molecular weight excluding hydrogens is 608 g/mol. The summed E-state index contributed by atoms with van der Waals surface area (Å²) >= 11 is 0. The van der Waals surface area contributed by atoms with E-state index < -0.39 is 88.6 Å². The van der Waals surface area contributed by atoms with E-state index >= 15 is 0 Å². The van der Waals surface area contributed by atoms with Crippen LogP contribution in [0, 0.1) is 45.3 Å². The van der Waals surface area contributed by atoms with Gasteiger partial charge in [-0.1, -0.05) is 46.3 Å². The maximum absolute atomic E-state index is 14.8. The van der Waals surface area contributed by atoms with Crippen LogP contribution in [-0.2, 0) is 28.6 Å². The molecule has 2 aliphatic heterocycles. The lowest BCUT2D eigenvalue weighted by Crippen LogP contribution is -2.66. The normalized spacial score (nSPS) is 50.8.